The number of benzene rings is 3. The molecule has 0 aliphatic carbocycles. The molecule has 6 rings (SSSR count). The van der Waals surface area contributed by atoms with Crippen LogP contribution in [0.4, 0.5) is 22.2 Å². The molecule has 11 heteroatoms. The minimum atomic E-state index is -0.140. The van der Waals surface area contributed by atoms with Crippen molar-refractivity contribution >= 4 is 34.4 Å². The number of carbonyl (C=O) groups is 1. The van der Waals surface area contributed by atoms with Crippen molar-refractivity contribution in [3.8, 4) is 23.0 Å². The van der Waals surface area contributed by atoms with Gasteiger partial charge in [0.2, 0.25) is 5.95 Å². The highest BCUT2D eigenvalue weighted by atomic mass is 16.5. The van der Waals surface area contributed by atoms with E-state index in [2.05, 4.69) is 15.1 Å². The number of para-hydroxylation sites is 1. The Balaban J connectivity index is 1.15. The Morgan fingerprint density at radius 2 is 1.45 bits per heavy atom. The van der Waals surface area contributed by atoms with Gasteiger partial charge in [-0.1, -0.05) is 18.2 Å². The number of morpholine rings is 1. The molecular weight excluding hydrogens is 536 g/mol. The molecule has 0 unspecified atom stereocenters. The van der Waals surface area contributed by atoms with Crippen LogP contribution in [0, 0.1) is 0 Å². The minimum Gasteiger partial charge on any atom is -0.493 e. The average molecular weight is 571 g/mol. The monoisotopic (exact) mass is 570 g/mol. The molecule has 2 fully saturated rings. The first-order valence-electron chi connectivity index (χ1n) is 14.0. The average Bonchev–Trinajstić information content (AvgIpc) is 3.05. The van der Waals surface area contributed by atoms with Crippen LogP contribution in [0.5, 0.6) is 23.0 Å². The number of nitrogens with one attached hydrogen (secondary N) is 1. The number of hydrogen-bond donors (Lipinski definition) is 1. The Kier molecular flexibility index (Phi) is 8.09. The smallest absolute Gasteiger partial charge is 0.321 e. The van der Waals surface area contributed by atoms with Crippen molar-refractivity contribution in [2.75, 3.05) is 81.8 Å². The van der Waals surface area contributed by atoms with Gasteiger partial charge in [-0.25, -0.2) is 9.78 Å². The summed E-state index contributed by atoms with van der Waals surface area (Å²) in [5.74, 6) is 4.18. The molecular formula is C31H34N6O5. The lowest BCUT2D eigenvalue weighted by molar-refractivity contribution is 0.122. The first kappa shape index (κ1) is 27.4. The number of methoxy groups -OCH3 is 2. The topological polar surface area (TPSA) is 102 Å². The maximum Gasteiger partial charge on any atom is 0.321 e. The van der Waals surface area contributed by atoms with Crippen LogP contribution in [0.25, 0.3) is 10.9 Å². The SMILES string of the molecule is COc1cc2nc(N3CCOCC3)nc(N3CCN(C(=O)Nc4ccc(Oc5ccccc5)cc4)CC3)c2cc1OC. The second-order valence-corrected chi connectivity index (χ2v) is 10.0. The number of rotatable bonds is 7. The number of piperazine rings is 1. The largest absolute Gasteiger partial charge is 0.493 e. The van der Waals surface area contributed by atoms with Crippen molar-refractivity contribution < 1.29 is 23.7 Å². The van der Waals surface area contributed by atoms with Gasteiger partial charge in [0.05, 0.1) is 33.0 Å². The van der Waals surface area contributed by atoms with Crippen LogP contribution in [0.3, 0.4) is 0 Å². The second kappa shape index (κ2) is 12.4. The van der Waals surface area contributed by atoms with Gasteiger partial charge in [-0.3, -0.25) is 0 Å². The fraction of sp³-hybridized carbons (Fsp3) is 0.323. The van der Waals surface area contributed by atoms with Gasteiger partial charge >= 0.3 is 6.03 Å². The lowest BCUT2D eigenvalue weighted by atomic mass is 10.2. The summed E-state index contributed by atoms with van der Waals surface area (Å²) in [5.41, 5.74) is 1.49. The molecule has 3 aromatic carbocycles. The Bertz CT molecular complexity index is 1520. The van der Waals surface area contributed by atoms with E-state index in [9.17, 15) is 4.79 Å². The Hall–Kier alpha value is -4.77. The van der Waals surface area contributed by atoms with E-state index in [0.29, 0.717) is 68.3 Å². The molecule has 2 aliphatic rings. The fourth-order valence-electron chi connectivity index (χ4n) is 5.13. The van der Waals surface area contributed by atoms with Gasteiger partial charge in [0.25, 0.3) is 0 Å². The number of aromatic nitrogens is 2. The van der Waals surface area contributed by atoms with Crippen LogP contribution < -0.4 is 29.3 Å². The van der Waals surface area contributed by atoms with E-state index < -0.39 is 0 Å². The number of urea groups is 1. The first-order chi connectivity index (χ1) is 20.6. The summed E-state index contributed by atoms with van der Waals surface area (Å²) < 4.78 is 22.5. The summed E-state index contributed by atoms with van der Waals surface area (Å²) in [7, 11) is 3.24. The van der Waals surface area contributed by atoms with Crippen molar-refractivity contribution in [3.63, 3.8) is 0 Å². The zero-order valence-corrected chi connectivity index (χ0v) is 23.8. The van der Waals surface area contributed by atoms with Crippen molar-refractivity contribution in [2.45, 2.75) is 0 Å². The molecule has 2 amide bonds. The zero-order valence-electron chi connectivity index (χ0n) is 23.8. The van der Waals surface area contributed by atoms with Crippen LogP contribution in [0.2, 0.25) is 0 Å². The maximum absolute atomic E-state index is 13.1. The second-order valence-electron chi connectivity index (χ2n) is 10.0. The molecule has 2 saturated heterocycles. The Morgan fingerprint density at radius 1 is 0.786 bits per heavy atom. The highest BCUT2D eigenvalue weighted by Crippen LogP contribution is 2.36. The van der Waals surface area contributed by atoms with Gasteiger partial charge in [0, 0.05) is 56.4 Å². The third kappa shape index (κ3) is 5.96. The van der Waals surface area contributed by atoms with Crippen LogP contribution >= 0.6 is 0 Å². The normalized spacial score (nSPS) is 15.4. The number of hydrogen-bond acceptors (Lipinski definition) is 9. The van der Waals surface area contributed by atoms with Crippen LogP contribution in [-0.4, -0.2) is 87.6 Å². The van der Waals surface area contributed by atoms with Crippen LogP contribution in [0.1, 0.15) is 0 Å². The zero-order chi connectivity index (χ0) is 28.9. The van der Waals surface area contributed by atoms with Crippen molar-refractivity contribution in [1.82, 2.24) is 14.9 Å². The molecule has 3 heterocycles. The van der Waals surface area contributed by atoms with Gasteiger partial charge < -0.3 is 39.0 Å². The van der Waals surface area contributed by atoms with Crippen LogP contribution in [-0.2, 0) is 4.74 Å². The van der Waals surface area contributed by atoms with E-state index in [4.69, 9.17) is 28.9 Å². The highest BCUT2D eigenvalue weighted by Gasteiger charge is 2.26. The number of amides is 2. The lowest BCUT2D eigenvalue weighted by Crippen LogP contribution is -2.50. The Labute approximate surface area is 244 Å². The van der Waals surface area contributed by atoms with Crippen molar-refractivity contribution in [1.29, 1.82) is 0 Å². The molecule has 0 saturated carbocycles. The Morgan fingerprint density at radius 3 is 2.14 bits per heavy atom. The molecule has 42 heavy (non-hydrogen) atoms. The fourth-order valence-corrected chi connectivity index (χ4v) is 5.13. The van der Waals surface area contributed by atoms with E-state index in [1.54, 1.807) is 14.2 Å². The molecule has 218 valence electrons. The molecule has 0 spiro atoms. The first-order valence-corrected chi connectivity index (χ1v) is 14.0. The molecule has 0 bridgehead atoms. The molecule has 1 aromatic heterocycles. The van der Waals surface area contributed by atoms with Gasteiger partial charge in [-0.15, -0.1) is 0 Å². The maximum atomic E-state index is 13.1. The lowest BCUT2D eigenvalue weighted by Gasteiger charge is -2.36. The van der Waals surface area contributed by atoms with Crippen molar-refractivity contribution in [2.24, 2.45) is 0 Å². The van der Waals surface area contributed by atoms with Crippen LogP contribution in [0.15, 0.2) is 66.7 Å². The molecule has 2 aliphatic heterocycles. The van der Waals surface area contributed by atoms with Crippen molar-refractivity contribution in [3.05, 3.63) is 66.7 Å². The van der Waals surface area contributed by atoms with Gasteiger partial charge in [0.15, 0.2) is 11.5 Å². The number of carbonyl (C=O) groups excluding carboxylic acids is 1. The summed E-state index contributed by atoms with van der Waals surface area (Å²) in [4.78, 5) is 29.2. The third-order valence-corrected chi connectivity index (χ3v) is 7.41. The predicted molar refractivity (Wildman–Crippen MR) is 161 cm³/mol. The van der Waals surface area contributed by atoms with E-state index >= 15 is 0 Å². The summed E-state index contributed by atoms with van der Waals surface area (Å²) in [6.07, 6.45) is 0. The van der Waals surface area contributed by atoms with E-state index in [1.165, 1.54) is 0 Å². The highest BCUT2D eigenvalue weighted by molar-refractivity contribution is 5.94. The van der Waals surface area contributed by atoms with E-state index in [1.807, 2.05) is 71.6 Å². The summed E-state index contributed by atoms with van der Waals surface area (Å²) in [6.45, 7) is 5.08. The molecule has 1 N–H and O–H groups in total. The van der Waals surface area contributed by atoms with Gasteiger partial charge in [-0.2, -0.15) is 4.98 Å². The quantitative estimate of drug-likeness (QED) is 0.341. The standard InChI is InChI=1S/C31H34N6O5/c1-39-27-20-25-26(21-28(27)40-2)33-30(36-16-18-41-19-17-36)34-29(25)35-12-14-37(15-13-35)31(38)32-22-8-10-24(11-9-22)42-23-6-4-3-5-7-23/h3-11,20-21H,12-19H2,1-2H3,(H,32,38). The van der Waals surface area contributed by atoms with E-state index in [0.717, 1.165) is 35.6 Å². The minimum absolute atomic E-state index is 0.140. The van der Waals surface area contributed by atoms with Gasteiger partial charge in [-0.05, 0) is 42.5 Å². The number of anilines is 3. The third-order valence-electron chi connectivity index (χ3n) is 7.41. The molecule has 4 aromatic rings. The summed E-state index contributed by atoms with van der Waals surface area (Å²) in [5, 5.41) is 3.88. The van der Waals surface area contributed by atoms with Gasteiger partial charge in [0.1, 0.15) is 17.3 Å². The molecule has 11 nitrogen and oxygen atoms in total. The summed E-state index contributed by atoms with van der Waals surface area (Å²) in [6, 6.07) is 20.6. The molecule has 0 atom stereocenters. The number of fused-ring (bicyclic) bond motifs is 1. The number of ether oxygens (including phenoxy) is 4. The van der Waals surface area contributed by atoms with E-state index in [-0.39, 0.29) is 6.03 Å². The summed E-state index contributed by atoms with van der Waals surface area (Å²) >= 11 is 0. The molecule has 0 radical (unpaired) electrons. The predicted octanol–water partition coefficient (Wildman–Crippen LogP) is 4.63. The number of nitrogens with zero attached hydrogens (tertiary/aromatic N) is 5.